The highest BCUT2D eigenvalue weighted by molar-refractivity contribution is 6.10. The van der Waals surface area contributed by atoms with E-state index in [0.717, 1.165) is 43.9 Å². The molecule has 346 valence electrons. The Labute approximate surface area is 366 Å². The fourth-order valence-corrected chi connectivity index (χ4v) is 9.12. The summed E-state index contributed by atoms with van der Waals surface area (Å²) in [4.78, 5) is 64.2. The van der Waals surface area contributed by atoms with Crippen molar-refractivity contribution in [3.8, 4) is 11.5 Å². The maximum absolute atomic E-state index is 15.4. The lowest BCUT2D eigenvalue weighted by molar-refractivity contribution is -0.191. The number of hydrogen-bond donors (Lipinski definition) is 0. The van der Waals surface area contributed by atoms with Crippen molar-refractivity contribution in [2.24, 2.45) is 0 Å². The van der Waals surface area contributed by atoms with Crippen LogP contribution >= 0.6 is 0 Å². The van der Waals surface area contributed by atoms with Crippen LogP contribution in [0.1, 0.15) is 58.4 Å². The van der Waals surface area contributed by atoms with Gasteiger partial charge >= 0.3 is 24.0 Å². The predicted molar refractivity (Wildman–Crippen MR) is 208 cm³/mol. The van der Waals surface area contributed by atoms with Gasteiger partial charge in [-0.3, -0.25) is 19.6 Å². The van der Waals surface area contributed by atoms with Gasteiger partial charge in [0, 0.05) is 11.1 Å². The molecule has 0 saturated carbocycles. The molecule has 0 aromatic heterocycles. The van der Waals surface area contributed by atoms with Crippen LogP contribution in [-0.4, -0.2) is 82.4 Å². The molecule has 0 radical (unpaired) electrons. The molecule has 2 fully saturated rings. The maximum atomic E-state index is 15.4. The number of nitrogens with zero attached hydrogens (tertiary/aromatic N) is 4. The summed E-state index contributed by atoms with van der Waals surface area (Å²) < 4.78 is 168. The number of carbonyl (C=O) groups is 4. The third kappa shape index (κ3) is 5.98. The number of halogens is 10. The van der Waals surface area contributed by atoms with Crippen LogP contribution in [0.4, 0.5) is 53.5 Å². The minimum Gasteiger partial charge on any atom is -0.496 e. The van der Waals surface area contributed by atoms with E-state index >= 15 is 14.4 Å². The van der Waals surface area contributed by atoms with Crippen molar-refractivity contribution in [3.63, 3.8) is 0 Å². The van der Waals surface area contributed by atoms with Gasteiger partial charge in [0.2, 0.25) is 11.6 Å². The van der Waals surface area contributed by atoms with Gasteiger partial charge in [-0.1, -0.05) is 24.3 Å². The van der Waals surface area contributed by atoms with E-state index in [1.165, 1.54) is 40.2 Å². The first kappa shape index (κ1) is 45.3. The van der Waals surface area contributed by atoms with E-state index in [1.807, 2.05) is 0 Å². The van der Waals surface area contributed by atoms with Crippen LogP contribution in [0.2, 0.25) is 0 Å². The zero-order chi connectivity index (χ0) is 47.9. The zero-order valence-corrected chi connectivity index (χ0v) is 34.7. The second-order valence-corrected chi connectivity index (χ2v) is 15.0. The Morgan fingerprint density at radius 1 is 0.485 bits per heavy atom. The summed E-state index contributed by atoms with van der Waals surface area (Å²) in [5.74, 6) is -25.2. The fraction of sp³-hybridized carbons (Fsp3) is 0.273. The number of urea groups is 2. The van der Waals surface area contributed by atoms with Gasteiger partial charge in [-0.25, -0.2) is 63.1 Å². The van der Waals surface area contributed by atoms with Crippen molar-refractivity contribution in [1.82, 2.24) is 19.6 Å². The molecule has 4 aliphatic rings. The molecule has 66 heavy (non-hydrogen) atoms. The minimum atomic E-state index is -2.85. The molecule has 4 amide bonds. The van der Waals surface area contributed by atoms with Gasteiger partial charge in [0.25, 0.3) is 11.3 Å². The van der Waals surface area contributed by atoms with Crippen molar-refractivity contribution in [3.05, 3.63) is 127 Å². The minimum absolute atomic E-state index is 0.170. The number of amides is 4. The SMILES string of the molecule is CCOC(=O)C12N3Cc4c(/C=C/c5c(F)c(F)c(F)c(F)c5F)ccc(/C=C/c5c(F)c(F)c(F)c(F)c5F)c4CN1C(=O)N1Cc4c(OC)ccc(OC)c4CN(C3=O)C12C(=O)OCC. The molecule has 0 atom stereocenters. The number of rotatable bonds is 10. The standard InChI is InChI=1S/C44H32F10N4O8/c1-5-65-39(59)43-44(40(60)66-6-2)57-17-25-26(28(64-4)14-13-27(25)63-3)18-58(44)42(62)56(43)16-24-20(10-12-22-31(47)35(51)38(54)36(52)32(22)48)8-7-19(23(24)15-55(43)41(57)61)9-11-21-29(45)33(49)37(53)34(50)30(21)46/h7-14H,5-6,15-18H2,1-4H3/b11-9+,12-10+. The van der Waals surface area contributed by atoms with Gasteiger partial charge in [-0.2, -0.15) is 0 Å². The summed E-state index contributed by atoms with van der Waals surface area (Å²) in [6.07, 6.45) is 2.74. The highest BCUT2D eigenvalue weighted by Gasteiger charge is 2.87. The smallest absolute Gasteiger partial charge is 0.358 e. The number of hydrogen-bond acceptors (Lipinski definition) is 8. The first-order chi connectivity index (χ1) is 31.4. The Kier molecular flexibility index (Phi) is 11.2. The molecule has 4 aromatic rings. The van der Waals surface area contributed by atoms with Gasteiger partial charge in [-0.05, 0) is 60.4 Å². The molecule has 22 heteroatoms. The van der Waals surface area contributed by atoms with Crippen LogP contribution in [0.25, 0.3) is 24.3 Å². The molecular weight excluding hydrogens is 902 g/mol. The van der Waals surface area contributed by atoms with Gasteiger partial charge in [0.15, 0.2) is 46.5 Å². The number of carbonyl (C=O) groups excluding carboxylic acids is 4. The van der Waals surface area contributed by atoms with E-state index in [2.05, 4.69) is 0 Å². The van der Waals surface area contributed by atoms with E-state index < -0.39 is 137 Å². The zero-order valence-electron chi connectivity index (χ0n) is 34.7. The Balaban J connectivity index is 1.43. The van der Waals surface area contributed by atoms with Crippen LogP contribution < -0.4 is 9.47 Å². The Morgan fingerprint density at radius 2 is 0.773 bits per heavy atom. The van der Waals surface area contributed by atoms with Crippen LogP contribution in [0, 0.1) is 58.2 Å². The lowest BCUT2D eigenvalue weighted by Crippen LogP contribution is -2.75. The quantitative estimate of drug-likeness (QED) is 0.0515. The Hall–Kier alpha value is -7.26. The molecular formula is C44H32F10N4O8. The predicted octanol–water partition coefficient (Wildman–Crippen LogP) is 8.16. The van der Waals surface area contributed by atoms with Crippen LogP contribution in [0.3, 0.4) is 0 Å². The molecule has 2 saturated heterocycles. The van der Waals surface area contributed by atoms with Crippen molar-refractivity contribution in [2.45, 2.75) is 51.4 Å². The average Bonchev–Trinajstić information content (AvgIpc) is 3.45. The normalized spacial score (nSPS) is 19.6. The summed E-state index contributed by atoms with van der Waals surface area (Å²) in [5, 5.41) is 0. The molecule has 12 nitrogen and oxygen atoms in total. The highest BCUT2D eigenvalue weighted by atomic mass is 19.2. The average molecular weight is 935 g/mol. The fourth-order valence-electron chi connectivity index (χ4n) is 9.12. The molecule has 0 aliphatic carbocycles. The number of fused-ring (bicyclic) bond motifs is 2. The van der Waals surface area contributed by atoms with E-state index in [-0.39, 0.29) is 51.5 Å². The Bertz CT molecular complexity index is 2650. The molecule has 0 N–H and O–H groups in total. The molecule has 0 bridgehead atoms. The van der Waals surface area contributed by atoms with E-state index in [4.69, 9.17) is 18.9 Å². The lowest BCUT2D eigenvalue weighted by atomic mass is 9.90. The van der Waals surface area contributed by atoms with Crippen LogP contribution in [0.5, 0.6) is 11.5 Å². The first-order valence-corrected chi connectivity index (χ1v) is 19.7. The topological polar surface area (TPSA) is 118 Å². The summed E-state index contributed by atoms with van der Waals surface area (Å²) >= 11 is 0. The van der Waals surface area contributed by atoms with Crippen LogP contribution in [-0.2, 0) is 45.2 Å². The molecule has 4 aliphatic heterocycles. The van der Waals surface area contributed by atoms with Gasteiger partial charge < -0.3 is 18.9 Å². The van der Waals surface area contributed by atoms with Crippen molar-refractivity contribution in [1.29, 1.82) is 0 Å². The molecule has 0 unspecified atom stereocenters. The monoisotopic (exact) mass is 934 g/mol. The molecule has 0 spiro atoms. The number of methoxy groups -OCH3 is 2. The molecule has 8 rings (SSSR count). The largest absolute Gasteiger partial charge is 0.496 e. The van der Waals surface area contributed by atoms with Gasteiger partial charge in [0.05, 0.1) is 64.7 Å². The second-order valence-electron chi connectivity index (χ2n) is 15.0. The summed E-state index contributed by atoms with van der Waals surface area (Å²) in [6, 6.07) is 3.02. The maximum Gasteiger partial charge on any atom is 0.358 e. The third-order valence-corrected chi connectivity index (χ3v) is 12.0. The van der Waals surface area contributed by atoms with Gasteiger partial charge in [0.1, 0.15) is 11.5 Å². The number of esters is 2. The van der Waals surface area contributed by atoms with E-state index in [1.54, 1.807) is 0 Å². The van der Waals surface area contributed by atoms with E-state index in [0.29, 0.717) is 12.2 Å². The van der Waals surface area contributed by atoms with E-state index in [9.17, 15) is 48.7 Å². The first-order valence-electron chi connectivity index (χ1n) is 19.7. The van der Waals surface area contributed by atoms with Crippen molar-refractivity contribution in [2.75, 3.05) is 27.4 Å². The summed E-state index contributed by atoms with van der Waals surface area (Å²) in [5.41, 5.74) is -8.67. The second kappa shape index (κ2) is 16.3. The number of benzene rings is 4. The third-order valence-electron chi connectivity index (χ3n) is 12.0. The molecule has 4 aromatic carbocycles. The molecule has 4 heterocycles. The lowest BCUT2D eigenvalue weighted by Gasteiger charge is -2.44. The van der Waals surface area contributed by atoms with Gasteiger partial charge in [-0.15, -0.1) is 0 Å². The summed E-state index contributed by atoms with van der Waals surface area (Å²) in [6.45, 7) is -0.760. The Morgan fingerprint density at radius 3 is 1.06 bits per heavy atom. The van der Waals surface area contributed by atoms with Crippen LogP contribution in [0.15, 0.2) is 24.3 Å². The highest BCUT2D eigenvalue weighted by Crippen LogP contribution is 2.59. The summed E-state index contributed by atoms with van der Waals surface area (Å²) in [7, 11) is 2.63. The van der Waals surface area contributed by atoms with Crippen molar-refractivity contribution < 1.29 is 82.0 Å². The number of ether oxygens (including phenoxy) is 4. The van der Waals surface area contributed by atoms with Crippen molar-refractivity contribution >= 4 is 48.3 Å².